The first-order valence-electron chi connectivity index (χ1n) is 21.4. The molecule has 5 aliphatic rings. The quantitative estimate of drug-likeness (QED) is 0.188. The van der Waals surface area contributed by atoms with E-state index in [1.54, 1.807) is 6.07 Å². The molecule has 3 amide bonds. The summed E-state index contributed by atoms with van der Waals surface area (Å²) in [6.45, 7) is 5.62. The minimum atomic E-state index is -0.321. The Hall–Kier alpha value is -4.34. The van der Waals surface area contributed by atoms with E-state index in [9.17, 15) is 19.2 Å². The molecule has 4 heterocycles. The number of likely N-dealkylation sites (tertiary alicyclic amines) is 1. The van der Waals surface area contributed by atoms with E-state index in [2.05, 4.69) is 40.0 Å². The molecule has 4 aromatic rings. The van der Waals surface area contributed by atoms with Gasteiger partial charge in [0.05, 0.1) is 32.9 Å². The zero-order valence-corrected chi connectivity index (χ0v) is 34.3. The highest BCUT2D eigenvalue weighted by atomic mass is 35.5. The molecule has 1 saturated heterocycles. The lowest BCUT2D eigenvalue weighted by molar-refractivity contribution is -0.137. The molecule has 0 radical (unpaired) electrons. The van der Waals surface area contributed by atoms with Crippen molar-refractivity contribution in [2.45, 2.75) is 127 Å². The van der Waals surface area contributed by atoms with Gasteiger partial charge >= 0.3 is 0 Å². The Balaban J connectivity index is 0.000000163. The number of nitrogens with zero attached hydrogens (tertiary/aromatic N) is 4. The van der Waals surface area contributed by atoms with Crippen LogP contribution in [0.4, 0.5) is 0 Å². The average Bonchev–Trinajstić information content (AvgIpc) is 3.77. The molecule has 2 aliphatic carbocycles. The van der Waals surface area contributed by atoms with Gasteiger partial charge in [0.25, 0.3) is 5.56 Å². The van der Waals surface area contributed by atoms with Gasteiger partial charge < -0.3 is 9.80 Å². The van der Waals surface area contributed by atoms with E-state index in [-0.39, 0.29) is 34.6 Å². The van der Waals surface area contributed by atoms with Crippen molar-refractivity contribution in [2.75, 3.05) is 20.1 Å². The highest BCUT2D eigenvalue weighted by Gasteiger charge is 2.46. The molecule has 3 fully saturated rings. The standard InChI is InChI=1S/C26H28ClN3O.C21H28N2O3/c1-29-14-10-17(11-15-29)18-8-9-19-22(16-18)30-21-7-5-6-20(27)23(21)24(31)28-25(30)26(19)12-3-2-4-13-26;1-2-6-19(20(25)22-14-24)16-9-10-17-12-23(13-18(17)11-16)21(26)15-7-4-3-5-8-15/h5-9,16-17H,2-4,10-15H2,1H3;9-11,14-15,19H,2-8,12-13H2,1H3,(H,22,24,25). The van der Waals surface area contributed by atoms with Crippen LogP contribution in [0.1, 0.15) is 142 Å². The maximum Gasteiger partial charge on any atom is 0.282 e. The molecule has 3 aliphatic heterocycles. The number of nitrogens with one attached hydrogen (secondary N) is 1. The van der Waals surface area contributed by atoms with E-state index in [0.29, 0.717) is 42.2 Å². The molecule has 1 atom stereocenters. The molecule has 9 nitrogen and oxygen atoms in total. The molecule has 0 bridgehead atoms. The minimum absolute atomic E-state index is 0.144. The molecular formula is C47H56ClN5O4. The normalized spacial score (nSPS) is 19.7. The summed E-state index contributed by atoms with van der Waals surface area (Å²) >= 11 is 6.48. The first-order valence-corrected chi connectivity index (χ1v) is 21.8. The van der Waals surface area contributed by atoms with Gasteiger partial charge in [0.15, 0.2) is 0 Å². The fourth-order valence-corrected chi connectivity index (χ4v) is 10.8. The van der Waals surface area contributed by atoms with E-state index in [0.717, 1.165) is 80.5 Å². The molecule has 3 aromatic carbocycles. The second kappa shape index (κ2) is 16.9. The topological polar surface area (TPSA) is 105 Å². The van der Waals surface area contributed by atoms with Crippen molar-refractivity contribution < 1.29 is 14.4 Å². The Morgan fingerprint density at radius 2 is 1.67 bits per heavy atom. The third kappa shape index (κ3) is 7.58. The van der Waals surface area contributed by atoms with Gasteiger partial charge in [-0.05, 0) is 117 Å². The second-order valence-electron chi connectivity index (χ2n) is 17.2. The number of carbonyl (C=O) groups is 3. The summed E-state index contributed by atoms with van der Waals surface area (Å²) in [4.78, 5) is 57.8. The smallest absolute Gasteiger partial charge is 0.282 e. The number of aromatic nitrogens is 2. The number of amides is 3. The van der Waals surface area contributed by atoms with Crippen molar-refractivity contribution >= 4 is 40.7 Å². The van der Waals surface area contributed by atoms with Crippen LogP contribution in [-0.2, 0) is 32.9 Å². The van der Waals surface area contributed by atoms with Crippen LogP contribution in [0.5, 0.6) is 0 Å². The van der Waals surface area contributed by atoms with Crippen molar-refractivity contribution in [1.82, 2.24) is 24.7 Å². The number of halogens is 1. The van der Waals surface area contributed by atoms with Gasteiger partial charge in [-0.2, -0.15) is 4.98 Å². The number of fused-ring (bicyclic) bond motifs is 8. The van der Waals surface area contributed by atoms with E-state index >= 15 is 0 Å². The maximum atomic E-state index is 13.1. The molecule has 1 unspecified atom stereocenters. The van der Waals surface area contributed by atoms with Crippen LogP contribution in [0.15, 0.2) is 59.4 Å². The van der Waals surface area contributed by atoms with Crippen molar-refractivity contribution in [2.24, 2.45) is 5.92 Å². The number of piperidine rings is 1. The third-order valence-corrected chi connectivity index (χ3v) is 14.0. The lowest BCUT2D eigenvalue weighted by atomic mass is 9.69. The van der Waals surface area contributed by atoms with Gasteiger partial charge in [-0.25, -0.2) is 0 Å². The summed E-state index contributed by atoms with van der Waals surface area (Å²) < 4.78 is 2.27. The summed E-state index contributed by atoms with van der Waals surface area (Å²) in [6.07, 6.45) is 15.7. The van der Waals surface area contributed by atoms with Gasteiger partial charge in [-0.3, -0.25) is 29.1 Å². The first-order chi connectivity index (χ1) is 27.7. The largest absolute Gasteiger partial charge is 0.334 e. The lowest BCUT2D eigenvalue weighted by Gasteiger charge is -2.34. The first kappa shape index (κ1) is 39.5. The van der Waals surface area contributed by atoms with Crippen LogP contribution >= 0.6 is 11.6 Å². The van der Waals surface area contributed by atoms with E-state index in [1.807, 2.05) is 42.2 Å². The molecule has 300 valence electrons. The number of benzene rings is 3. The van der Waals surface area contributed by atoms with Gasteiger partial charge in [0.1, 0.15) is 5.82 Å². The van der Waals surface area contributed by atoms with Crippen molar-refractivity contribution in [1.29, 1.82) is 0 Å². The van der Waals surface area contributed by atoms with Gasteiger partial charge in [0, 0.05) is 19.0 Å². The van der Waals surface area contributed by atoms with Crippen LogP contribution < -0.4 is 10.9 Å². The highest BCUT2D eigenvalue weighted by Crippen LogP contribution is 2.52. The summed E-state index contributed by atoms with van der Waals surface area (Å²) in [5, 5.41) is 3.31. The number of hydrogen-bond donors (Lipinski definition) is 1. The summed E-state index contributed by atoms with van der Waals surface area (Å²) in [5.41, 5.74) is 7.77. The molecular weight excluding hydrogens is 734 g/mol. The van der Waals surface area contributed by atoms with E-state index in [4.69, 9.17) is 16.6 Å². The van der Waals surface area contributed by atoms with Gasteiger partial charge in [0.2, 0.25) is 18.2 Å². The monoisotopic (exact) mass is 789 g/mol. The Kier molecular flexibility index (Phi) is 11.7. The molecule has 9 rings (SSSR count). The van der Waals surface area contributed by atoms with Crippen molar-refractivity contribution in [3.05, 3.63) is 104 Å². The molecule has 2 saturated carbocycles. The van der Waals surface area contributed by atoms with Crippen LogP contribution in [-0.4, -0.2) is 57.7 Å². The van der Waals surface area contributed by atoms with E-state index < -0.39 is 0 Å². The Bertz CT molecular complexity index is 2210. The number of imide groups is 1. The minimum Gasteiger partial charge on any atom is -0.334 e. The Morgan fingerprint density at radius 3 is 2.40 bits per heavy atom. The molecule has 1 aromatic heterocycles. The predicted molar refractivity (Wildman–Crippen MR) is 225 cm³/mol. The molecule has 10 heteroatoms. The van der Waals surface area contributed by atoms with Gasteiger partial charge in [-0.1, -0.05) is 99.9 Å². The number of carbonyl (C=O) groups excluding carboxylic acids is 3. The number of hydrogen-bond acceptors (Lipinski definition) is 6. The van der Waals surface area contributed by atoms with Crippen LogP contribution in [0, 0.1) is 5.92 Å². The van der Waals surface area contributed by atoms with Crippen LogP contribution in [0.25, 0.3) is 16.6 Å². The Labute approximate surface area is 341 Å². The molecule has 1 spiro atoms. The summed E-state index contributed by atoms with van der Waals surface area (Å²) in [7, 11) is 2.21. The SMILES string of the molecule is CCCC(C(=O)NC=O)c1ccc2c(c1)CN(C(=O)C1CCCCC1)C2.CN1CCC(c2ccc3c(c2)-n2c(nc(=O)c4c(Cl)cccc42)C32CCCCC2)CC1. The van der Waals surface area contributed by atoms with Crippen LogP contribution in [0.2, 0.25) is 5.02 Å². The zero-order valence-electron chi connectivity index (χ0n) is 33.5. The second-order valence-corrected chi connectivity index (χ2v) is 17.6. The number of rotatable bonds is 7. The predicted octanol–water partition coefficient (Wildman–Crippen LogP) is 8.68. The van der Waals surface area contributed by atoms with Crippen molar-refractivity contribution in [3.8, 4) is 5.69 Å². The average molecular weight is 790 g/mol. The maximum absolute atomic E-state index is 13.1. The fourth-order valence-electron chi connectivity index (χ4n) is 10.6. The summed E-state index contributed by atoms with van der Waals surface area (Å²) in [5.74, 6) is 1.42. The molecule has 57 heavy (non-hydrogen) atoms. The van der Waals surface area contributed by atoms with Gasteiger partial charge in [-0.15, -0.1) is 0 Å². The summed E-state index contributed by atoms with van der Waals surface area (Å²) in [6, 6.07) is 18.9. The molecule has 1 N–H and O–H groups in total. The van der Waals surface area contributed by atoms with E-state index in [1.165, 1.54) is 60.9 Å². The van der Waals surface area contributed by atoms with Crippen LogP contribution in [0.3, 0.4) is 0 Å². The Morgan fingerprint density at radius 1 is 0.930 bits per heavy atom. The highest BCUT2D eigenvalue weighted by molar-refractivity contribution is 6.35. The van der Waals surface area contributed by atoms with Crippen molar-refractivity contribution in [3.63, 3.8) is 0 Å². The lowest BCUT2D eigenvalue weighted by Crippen LogP contribution is -2.33. The fraction of sp³-hybridized carbons (Fsp3) is 0.511. The third-order valence-electron chi connectivity index (χ3n) is 13.7. The zero-order chi connectivity index (χ0) is 39.7.